The van der Waals surface area contributed by atoms with Gasteiger partial charge < -0.3 is 0 Å². The molecular weight excluding hydrogens is 467 g/mol. The second kappa shape index (κ2) is 9.77. The van der Waals surface area contributed by atoms with Crippen LogP contribution in [0.2, 0.25) is 0 Å². The largest absolute Gasteiger partial charge is 0.279 e. The number of benzene rings is 1. The van der Waals surface area contributed by atoms with Crippen LogP contribution in [0.1, 0.15) is 22.5 Å². The summed E-state index contributed by atoms with van der Waals surface area (Å²) in [4.78, 5) is 30.1. The molecule has 4 rings (SSSR count). The second-order valence-electron chi connectivity index (χ2n) is 7.48. The lowest BCUT2D eigenvalue weighted by Crippen LogP contribution is -2.48. The highest BCUT2D eigenvalue weighted by molar-refractivity contribution is 7.89. The van der Waals surface area contributed by atoms with Crippen LogP contribution in [0.25, 0.3) is 10.4 Å². The Bertz CT molecular complexity index is 1240. The van der Waals surface area contributed by atoms with Crippen molar-refractivity contribution in [3.8, 4) is 10.4 Å². The molecule has 3 heterocycles. The predicted molar refractivity (Wildman–Crippen MR) is 121 cm³/mol. The number of thiophene rings is 1. The first kappa shape index (κ1) is 23.0. The Morgan fingerprint density at radius 1 is 1.03 bits per heavy atom. The van der Waals surface area contributed by atoms with Gasteiger partial charge in [0.25, 0.3) is 5.91 Å². The normalized spacial score (nSPS) is 15.2. The number of nitrogens with zero attached hydrogens (tertiary/aromatic N) is 2. The molecule has 0 spiro atoms. The van der Waals surface area contributed by atoms with E-state index in [9.17, 15) is 22.4 Å². The van der Waals surface area contributed by atoms with Gasteiger partial charge in [-0.2, -0.15) is 4.31 Å². The van der Waals surface area contributed by atoms with Gasteiger partial charge in [-0.15, -0.1) is 11.3 Å². The van der Waals surface area contributed by atoms with Gasteiger partial charge in [0.1, 0.15) is 10.7 Å². The number of sulfonamides is 1. The monoisotopic (exact) mass is 488 g/mol. The number of amides is 2. The average Bonchev–Trinajstić information content (AvgIpc) is 3.34. The molecule has 2 amide bonds. The third-order valence-corrected chi connectivity index (χ3v) is 8.37. The first-order valence-corrected chi connectivity index (χ1v) is 12.5. The number of pyridine rings is 1. The Morgan fingerprint density at radius 2 is 1.76 bits per heavy atom. The van der Waals surface area contributed by atoms with Gasteiger partial charge >= 0.3 is 0 Å². The molecule has 8 nitrogen and oxygen atoms in total. The molecule has 33 heavy (non-hydrogen) atoms. The van der Waals surface area contributed by atoms with Crippen LogP contribution in [0.3, 0.4) is 0 Å². The zero-order valence-corrected chi connectivity index (χ0v) is 19.0. The minimum absolute atomic E-state index is 0.121. The van der Waals surface area contributed by atoms with Crippen LogP contribution in [-0.4, -0.2) is 42.6 Å². The van der Waals surface area contributed by atoms with E-state index in [4.69, 9.17) is 0 Å². The van der Waals surface area contributed by atoms with Crippen molar-refractivity contribution in [1.29, 1.82) is 0 Å². The van der Waals surface area contributed by atoms with E-state index in [-0.39, 0.29) is 29.7 Å². The zero-order valence-electron chi connectivity index (χ0n) is 17.4. The van der Waals surface area contributed by atoms with E-state index in [0.717, 1.165) is 10.4 Å². The van der Waals surface area contributed by atoms with Gasteiger partial charge in [-0.1, -0.05) is 12.1 Å². The molecule has 0 atom stereocenters. The molecule has 1 aliphatic rings. The summed E-state index contributed by atoms with van der Waals surface area (Å²) in [5.74, 6) is -1.57. The predicted octanol–water partition coefficient (Wildman–Crippen LogP) is 2.81. The Morgan fingerprint density at radius 3 is 2.42 bits per heavy atom. The molecule has 172 valence electrons. The van der Waals surface area contributed by atoms with E-state index in [1.807, 2.05) is 0 Å². The molecule has 0 bridgehead atoms. The van der Waals surface area contributed by atoms with Crippen LogP contribution in [0, 0.1) is 11.7 Å². The molecule has 0 aliphatic carbocycles. The maximum absolute atomic E-state index is 13.1. The first-order chi connectivity index (χ1) is 15.8. The highest BCUT2D eigenvalue weighted by Gasteiger charge is 2.32. The fourth-order valence-electron chi connectivity index (χ4n) is 3.52. The van der Waals surface area contributed by atoms with E-state index in [1.165, 1.54) is 46.2 Å². The SMILES string of the molecule is O=C(NNC(=O)C1CCN(S(=O)(=O)c2cccnc2)CC1)c1ccc(-c2ccc(F)cc2)s1. The minimum Gasteiger partial charge on any atom is -0.273 e. The number of carbonyl (C=O) groups excluding carboxylic acids is 2. The van der Waals surface area contributed by atoms with Crippen molar-refractivity contribution in [1.82, 2.24) is 20.1 Å². The third-order valence-electron chi connectivity index (χ3n) is 5.35. The molecular formula is C22H21FN4O4S2. The number of rotatable bonds is 5. The number of nitrogens with one attached hydrogen (secondary N) is 2. The molecule has 0 radical (unpaired) electrons. The Hall–Kier alpha value is -3.15. The van der Waals surface area contributed by atoms with Crippen molar-refractivity contribution in [2.45, 2.75) is 17.7 Å². The lowest BCUT2D eigenvalue weighted by atomic mass is 9.98. The lowest BCUT2D eigenvalue weighted by Gasteiger charge is -2.30. The summed E-state index contributed by atoms with van der Waals surface area (Å²) < 4.78 is 39.8. The van der Waals surface area contributed by atoms with Gasteiger partial charge in [0.05, 0.1) is 4.88 Å². The summed E-state index contributed by atoms with van der Waals surface area (Å²) in [5, 5.41) is 0. The van der Waals surface area contributed by atoms with Crippen molar-refractivity contribution in [3.63, 3.8) is 0 Å². The van der Waals surface area contributed by atoms with Crippen LogP contribution < -0.4 is 10.9 Å². The van der Waals surface area contributed by atoms with Gasteiger partial charge in [0.15, 0.2) is 0 Å². The molecule has 2 aromatic heterocycles. The van der Waals surface area contributed by atoms with E-state index in [1.54, 1.807) is 30.3 Å². The van der Waals surface area contributed by atoms with Crippen LogP contribution in [0.4, 0.5) is 4.39 Å². The lowest BCUT2D eigenvalue weighted by molar-refractivity contribution is -0.126. The van der Waals surface area contributed by atoms with E-state index in [0.29, 0.717) is 17.7 Å². The zero-order chi connectivity index (χ0) is 23.4. The number of hydrazine groups is 1. The summed E-state index contributed by atoms with van der Waals surface area (Å²) in [5.41, 5.74) is 5.63. The maximum Gasteiger partial charge on any atom is 0.279 e. The van der Waals surface area contributed by atoms with Crippen LogP contribution in [-0.2, 0) is 14.8 Å². The van der Waals surface area contributed by atoms with Crippen molar-refractivity contribution >= 4 is 33.2 Å². The molecule has 1 saturated heterocycles. The Kier molecular flexibility index (Phi) is 6.82. The first-order valence-electron chi connectivity index (χ1n) is 10.2. The molecule has 1 aromatic carbocycles. The van der Waals surface area contributed by atoms with Crippen LogP contribution in [0.5, 0.6) is 0 Å². The molecule has 1 aliphatic heterocycles. The van der Waals surface area contributed by atoms with Gasteiger partial charge in [-0.3, -0.25) is 25.4 Å². The van der Waals surface area contributed by atoms with Crippen LogP contribution in [0.15, 0.2) is 65.8 Å². The summed E-state index contributed by atoms with van der Waals surface area (Å²) in [6.07, 6.45) is 3.49. The summed E-state index contributed by atoms with van der Waals surface area (Å²) >= 11 is 1.22. The standard InChI is InChI=1S/C22H21FN4O4S2/c23-17-5-3-15(4-6-17)19-7-8-20(32-19)22(29)26-25-21(28)16-9-12-27(13-10-16)33(30,31)18-2-1-11-24-14-18/h1-8,11,14,16H,9-10,12-13H2,(H,25,28)(H,26,29). The molecule has 11 heteroatoms. The quantitative estimate of drug-likeness (QED) is 0.537. The Balaban J connectivity index is 1.28. The topological polar surface area (TPSA) is 108 Å². The highest BCUT2D eigenvalue weighted by atomic mass is 32.2. The fourth-order valence-corrected chi connectivity index (χ4v) is 5.86. The number of piperidine rings is 1. The number of hydrogen-bond donors (Lipinski definition) is 2. The molecule has 3 aromatic rings. The fraction of sp³-hybridized carbons (Fsp3) is 0.227. The summed E-state index contributed by atoms with van der Waals surface area (Å²) in [6.45, 7) is 0.407. The smallest absolute Gasteiger partial charge is 0.273 e. The van der Waals surface area contributed by atoms with E-state index < -0.39 is 21.8 Å². The van der Waals surface area contributed by atoms with Crippen LogP contribution >= 0.6 is 11.3 Å². The Labute approximate surface area is 194 Å². The highest BCUT2D eigenvalue weighted by Crippen LogP contribution is 2.28. The van der Waals surface area contributed by atoms with Gasteiger partial charge in [0.2, 0.25) is 15.9 Å². The number of halogens is 1. The van der Waals surface area contributed by atoms with Gasteiger partial charge in [0, 0.05) is 36.3 Å². The van der Waals surface area contributed by atoms with Gasteiger partial charge in [-0.05, 0) is 54.8 Å². The molecule has 0 saturated carbocycles. The van der Waals surface area contributed by atoms with Crippen molar-refractivity contribution in [2.24, 2.45) is 5.92 Å². The molecule has 2 N–H and O–H groups in total. The van der Waals surface area contributed by atoms with Crippen molar-refractivity contribution in [3.05, 3.63) is 71.6 Å². The summed E-state index contributed by atoms with van der Waals surface area (Å²) in [6, 6.07) is 12.4. The maximum atomic E-state index is 13.1. The van der Waals surface area contributed by atoms with Gasteiger partial charge in [-0.25, -0.2) is 12.8 Å². The summed E-state index contributed by atoms with van der Waals surface area (Å²) in [7, 11) is -3.65. The molecule has 1 fully saturated rings. The van der Waals surface area contributed by atoms with E-state index in [2.05, 4.69) is 15.8 Å². The van der Waals surface area contributed by atoms with E-state index >= 15 is 0 Å². The second-order valence-corrected chi connectivity index (χ2v) is 10.5. The minimum atomic E-state index is -3.65. The average molecular weight is 489 g/mol. The third kappa shape index (κ3) is 5.27. The van der Waals surface area contributed by atoms with Crippen molar-refractivity contribution in [2.75, 3.05) is 13.1 Å². The van der Waals surface area contributed by atoms with Crippen molar-refractivity contribution < 1.29 is 22.4 Å². The number of hydrogen-bond acceptors (Lipinski definition) is 6. The molecule has 0 unspecified atom stereocenters. The number of aromatic nitrogens is 1. The number of carbonyl (C=O) groups is 2.